The lowest BCUT2D eigenvalue weighted by molar-refractivity contribution is -0.137. The Kier molecular flexibility index (Phi) is 5.73. The number of carboxylic acid groups (broad SMARTS) is 1. The number of fused-ring (bicyclic) bond motifs is 1. The second-order valence-electron chi connectivity index (χ2n) is 6.07. The molecule has 3 rings (SSSR count). The van der Waals surface area contributed by atoms with Gasteiger partial charge < -0.3 is 19.5 Å². The zero-order valence-electron chi connectivity index (χ0n) is 14.4. The second-order valence-corrected chi connectivity index (χ2v) is 6.07. The third-order valence-electron chi connectivity index (χ3n) is 4.12. The quantitative estimate of drug-likeness (QED) is 0.862. The summed E-state index contributed by atoms with van der Waals surface area (Å²) in [6.07, 6.45) is 1.37. The molecule has 1 aliphatic rings. The molecular weight excluding hydrogens is 334 g/mol. The predicted octanol–water partition coefficient (Wildman–Crippen LogP) is 2.62. The van der Waals surface area contributed by atoms with Crippen LogP contribution in [0.4, 0.5) is 0 Å². The van der Waals surface area contributed by atoms with E-state index in [-0.39, 0.29) is 12.5 Å². The first-order valence-electron chi connectivity index (χ1n) is 8.58. The molecule has 0 unspecified atom stereocenters. The van der Waals surface area contributed by atoms with Crippen molar-refractivity contribution in [3.8, 4) is 11.5 Å². The van der Waals surface area contributed by atoms with Crippen LogP contribution in [0.15, 0.2) is 48.5 Å². The number of carbonyl (C=O) groups excluding carboxylic acids is 1. The summed E-state index contributed by atoms with van der Waals surface area (Å²) < 4.78 is 11.2. The lowest BCUT2D eigenvalue weighted by Crippen LogP contribution is -2.37. The fourth-order valence-electron chi connectivity index (χ4n) is 2.80. The third-order valence-corrected chi connectivity index (χ3v) is 4.12. The van der Waals surface area contributed by atoms with E-state index in [1.165, 1.54) is 4.90 Å². The van der Waals surface area contributed by atoms with Gasteiger partial charge in [-0.1, -0.05) is 30.3 Å². The molecule has 0 radical (unpaired) electrons. The molecule has 0 fully saturated rings. The molecule has 136 valence electrons. The summed E-state index contributed by atoms with van der Waals surface area (Å²) >= 11 is 0. The van der Waals surface area contributed by atoms with E-state index in [9.17, 15) is 9.59 Å². The van der Waals surface area contributed by atoms with Crippen molar-refractivity contribution >= 4 is 11.9 Å². The molecule has 0 aromatic heterocycles. The standard InChI is InChI=1S/C20H21NO5/c22-19(23)14-21(10-9-15-5-2-1-3-6-15)20(24)16-7-8-17-18(13-16)26-12-4-11-25-17/h1-3,5-8,13H,4,9-12,14H2,(H,22,23). The Morgan fingerprint density at radius 1 is 1.00 bits per heavy atom. The van der Waals surface area contributed by atoms with Crippen LogP contribution in [0.3, 0.4) is 0 Å². The Hall–Kier alpha value is -3.02. The summed E-state index contributed by atoms with van der Waals surface area (Å²) in [7, 11) is 0. The number of carbonyl (C=O) groups is 2. The molecule has 26 heavy (non-hydrogen) atoms. The van der Waals surface area contributed by atoms with E-state index in [0.717, 1.165) is 12.0 Å². The largest absolute Gasteiger partial charge is 0.490 e. The maximum atomic E-state index is 12.8. The first kappa shape index (κ1) is 17.8. The smallest absolute Gasteiger partial charge is 0.323 e. The van der Waals surface area contributed by atoms with Crippen LogP contribution >= 0.6 is 0 Å². The lowest BCUT2D eigenvalue weighted by atomic mass is 10.1. The van der Waals surface area contributed by atoms with Crippen molar-refractivity contribution in [3.05, 3.63) is 59.7 Å². The van der Waals surface area contributed by atoms with Gasteiger partial charge in [0.1, 0.15) is 6.54 Å². The van der Waals surface area contributed by atoms with Crippen LogP contribution in [0.1, 0.15) is 22.3 Å². The van der Waals surface area contributed by atoms with Gasteiger partial charge >= 0.3 is 5.97 Å². The molecule has 1 amide bonds. The minimum Gasteiger partial charge on any atom is -0.490 e. The Morgan fingerprint density at radius 2 is 1.73 bits per heavy atom. The number of nitrogens with zero attached hydrogens (tertiary/aromatic N) is 1. The van der Waals surface area contributed by atoms with Gasteiger partial charge in [-0.05, 0) is 30.2 Å². The van der Waals surface area contributed by atoms with Gasteiger partial charge in [-0.15, -0.1) is 0 Å². The van der Waals surface area contributed by atoms with Crippen molar-refractivity contribution < 1.29 is 24.2 Å². The Labute approximate surface area is 152 Å². The topological polar surface area (TPSA) is 76.1 Å². The van der Waals surface area contributed by atoms with Crippen LogP contribution in [-0.2, 0) is 11.2 Å². The molecule has 0 bridgehead atoms. The summed E-state index contributed by atoms with van der Waals surface area (Å²) in [5, 5.41) is 9.17. The number of hydrogen-bond donors (Lipinski definition) is 1. The molecule has 0 saturated heterocycles. The SMILES string of the molecule is O=C(O)CN(CCc1ccccc1)C(=O)c1ccc2c(c1)OCCCO2. The highest BCUT2D eigenvalue weighted by Gasteiger charge is 2.21. The van der Waals surface area contributed by atoms with Gasteiger partial charge in [-0.3, -0.25) is 9.59 Å². The Balaban J connectivity index is 1.76. The zero-order chi connectivity index (χ0) is 18.4. The van der Waals surface area contributed by atoms with Crippen LogP contribution in [0.2, 0.25) is 0 Å². The Bertz CT molecular complexity index is 775. The Morgan fingerprint density at radius 3 is 2.46 bits per heavy atom. The molecule has 0 spiro atoms. The molecule has 0 aliphatic carbocycles. The summed E-state index contributed by atoms with van der Waals surface area (Å²) in [4.78, 5) is 25.4. The number of ether oxygens (including phenoxy) is 2. The minimum absolute atomic E-state index is 0.323. The van der Waals surface area contributed by atoms with Gasteiger partial charge in [0.2, 0.25) is 0 Å². The van der Waals surface area contributed by atoms with Crippen LogP contribution in [0.5, 0.6) is 11.5 Å². The van der Waals surface area contributed by atoms with E-state index in [0.29, 0.717) is 43.2 Å². The van der Waals surface area contributed by atoms with E-state index in [1.807, 2.05) is 30.3 Å². The highest BCUT2D eigenvalue weighted by Crippen LogP contribution is 2.30. The number of hydrogen-bond acceptors (Lipinski definition) is 4. The number of carboxylic acids is 1. The molecule has 6 heteroatoms. The van der Waals surface area contributed by atoms with Crippen LogP contribution < -0.4 is 9.47 Å². The first-order chi connectivity index (χ1) is 12.6. The van der Waals surface area contributed by atoms with Crippen molar-refractivity contribution in [2.24, 2.45) is 0 Å². The molecular formula is C20H21NO5. The normalized spacial score (nSPS) is 12.9. The highest BCUT2D eigenvalue weighted by molar-refractivity contribution is 5.96. The molecule has 2 aromatic rings. The maximum absolute atomic E-state index is 12.8. The van der Waals surface area contributed by atoms with Gasteiger partial charge in [0.15, 0.2) is 11.5 Å². The highest BCUT2D eigenvalue weighted by atomic mass is 16.5. The second kappa shape index (κ2) is 8.38. The number of aliphatic carboxylic acids is 1. The van der Waals surface area contributed by atoms with Gasteiger partial charge in [-0.2, -0.15) is 0 Å². The lowest BCUT2D eigenvalue weighted by Gasteiger charge is -2.21. The van der Waals surface area contributed by atoms with Gasteiger partial charge in [0.05, 0.1) is 13.2 Å². The first-order valence-corrected chi connectivity index (χ1v) is 8.58. The third kappa shape index (κ3) is 4.53. The van der Waals surface area contributed by atoms with Crippen LogP contribution in [0.25, 0.3) is 0 Å². The van der Waals surface area contributed by atoms with Gasteiger partial charge in [0, 0.05) is 18.5 Å². The fourth-order valence-corrected chi connectivity index (χ4v) is 2.80. The average Bonchev–Trinajstić information content (AvgIpc) is 2.90. The number of benzene rings is 2. The maximum Gasteiger partial charge on any atom is 0.323 e. The zero-order valence-corrected chi connectivity index (χ0v) is 14.4. The molecule has 1 aliphatic heterocycles. The van der Waals surface area contributed by atoms with E-state index in [4.69, 9.17) is 14.6 Å². The summed E-state index contributed by atoms with van der Waals surface area (Å²) in [6.45, 7) is 1.07. The van der Waals surface area contributed by atoms with E-state index >= 15 is 0 Å². The van der Waals surface area contributed by atoms with E-state index in [2.05, 4.69) is 0 Å². The van der Waals surface area contributed by atoms with Crippen LogP contribution in [-0.4, -0.2) is 48.2 Å². The molecule has 1 N–H and O–H groups in total. The monoisotopic (exact) mass is 355 g/mol. The average molecular weight is 355 g/mol. The summed E-state index contributed by atoms with van der Waals surface area (Å²) in [6, 6.07) is 14.6. The van der Waals surface area contributed by atoms with Crippen molar-refractivity contribution in [1.29, 1.82) is 0 Å². The predicted molar refractivity (Wildman–Crippen MR) is 95.7 cm³/mol. The molecule has 1 heterocycles. The van der Waals surface area contributed by atoms with Gasteiger partial charge in [-0.25, -0.2) is 0 Å². The summed E-state index contributed by atoms with van der Waals surface area (Å²) in [5.41, 5.74) is 1.44. The van der Waals surface area contributed by atoms with Crippen molar-refractivity contribution in [2.45, 2.75) is 12.8 Å². The molecule has 2 aromatic carbocycles. The van der Waals surface area contributed by atoms with Crippen molar-refractivity contribution in [1.82, 2.24) is 4.90 Å². The van der Waals surface area contributed by atoms with E-state index in [1.54, 1.807) is 18.2 Å². The minimum atomic E-state index is -1.04. The fraction of sp³-hybridized carbons (Fsp3) is 0.300. The molecule has 6 nitrogen and oxygen atoms in total. The van der Waals surface area contributed by atoms with E-state index < -0.39 is 5.97 Å². The molecule has 0 atom stereocenters. The summed E-state index contributed by atoms with van der Waals surface area (Å²) in [5.74, 6) is -0.250. The number of rotatable bonds is 6. The van der Waals surface area contributed by atoms with Crippen LogP contribution in [0, 0.1) is 0 Å². The molecule has 0 saturated carbocycles. The van der Waals surface area contributed by atoms with Crippen molar-refractivity contribution in [3.63, 3.8) is 0 Å². The van der Waals surface area contributed by atoms with Crippen molar-refractivity contribution in [2.75, 3.05) is 26.3 Å². The number of amides is 1. The van der Waals surface area contributed by atoms with Gasteiger partial charge in [0.25, 0.3) is 5.91 Å².